The maximum absolute atomic E-state index is 6.08. The van der Waals surface area contributed by atoms with Crippen LogP contribution in [0.5, 0.6) is 5.75 Å². The van der Waals surface area contributed by atoms with E-state index < -0.39 is 0 Å². The Morgan fingerprint density at radius 2 is 1.86 bits per heavy atom. The number of nitrogens with zero attached hydrogens (tertiary/aromatic N) is 2. The van der Waals surface area contributed by atoms with E-state index in [1.807, 2.05) is 31.3 Å². The highest BCUT2D eigenvalue weighted by Crippen LogP contribution is 2.31. The van der Waals surface area contributed by atoms with Crippen LogP contribution >= 0.6 is 11.6 Å². The van der Waals surface area contributed by atoms with Gasteiger partial charge < -0.3 is 10.1 Å². The molecule has 0 saturated carbocycles. The van der Waals surface area contributed by atoms with Gasteiger partial charge in [-0.3, -0.25) is 0 Å². The van der Waals surface area contributed by atoms with Crippen molar-refractivity contribution in [1.82, 2.24) is 9.97 Å². The summed E-state index contributed by atoms with van der Waals surface area (Å²) in [6, 6.07) is 7.54. The molecule has 0 spiro atoms. The molecule has 0 aliphatic rings. The molecule has 0 bridgehead atoms. The third-order valence-corrected chi connectivity index (χ3v) is 3.41. The minimum absolute atomic E-state index is 0.127. The Morgan fingerprint density at radius 1 is 1.14 bits per heavy atom. The van der Waals surface area contributed by atoms with E-state index in [1.165, 1.54) is 0 Å². The van der Waals surface area contributed by atoms with Crippen LogP contribution in [0.1, 0.15) is 26.6 Å². The van der Waals surface area contributed by atoms with Gasteiger partial charge in [0.25, 0.3) is 0 Å². The van der Waals surface area contributed by atoms with Gasteiger partial charge in [-0.25, -0.2) is 9.97 Å². The first-order valence-corrected chi connectivity index (χ1v) is 7.14. The summed E-state index contributed by atoms with van der Waals surface area (Å²) in [5.41, 5.74) is 1.66. The van der Waals surface area contributed by atoms with Crippen molar-refractivity contribution >= 4 is 17.4 Å². The number of methoxy groups -OCH3 is 1. The van der Waals surface area contributed by atoms with Crippen LogP contribution in [0.3, 0.4) is 0 Å². The van der Waals surface area contributed by atoms with Crippen LogP contribution in [0.25, 0.3) is 11.3 Å². The standard InChI is InChI=1S/C16H20ClN3O/c1-16(2,3)15-19-12(9-14(18-4)20-15)10-6-7-11(17)13(8-10)21-5/h6-9H,1-5H3,(H,18,19,20). The molecule has 2 aromatic rings. The summed E-state index contributed by atoms with van der Waals surface area (Å²) >= 11 is 6.08. The van der Waals surface area contributed by atoms with Crippen molar-refractivity contribution in [3.63, 3.8) is 0 Å². The highest BCUT2D eigenvalue weighted by atomic mass is 35.5. The highest BCUT2D eigenvalue weighted by Gasteiger charge is 2.19. The number of aromatic nitrogens is 2. The molecule has 0 unspecified atom stereocenters. The molecule has 4 nitrogen and oxygen atoms in total. The third-order valence-electron chi connectivity index (χ3n) is 3.10. The molecule has 0 radical (unpaired) electrons. The van der Waals surface area contributed by atoms with Crippen molar-refractivity contribution in [2.45, 2.75) is 26.2 Å². The van der Waals surface area contributed by atoms with E-state index >= 15 is 0 Å². The molecule has 1 aromatic heterocycles. The molecule has 1 heterocycles. The molecule has 1 N–H and O–H groups in total. The SMILES string of the molecule is CNc1cc(-c2ccc(Cl)c(OC)c2)nc(C(C)(C)C)n1. The van der Waals surface area contributed by atoms with Gasteiger partial charge in [-0.05, 0) is 12.1 Å². The molecule has 0 fully saturated rings. The second-order valence-corrected chi connectivity index (χ2v) is 6.22. The van der Waals surface area contributed by atoms with E-state index in [2.05, 4.69) is 36.1 Å². The molecule has 21 heavy (non-hydrogen) atoms. The van der Waals surface area contributed by atoms with Gasteiger partial charge in [0.05, 0.1) is 17.8 Å². The number of ether oxygens (including phenoxy) is 1. The van der Waals surface area contributed by atoms with Gasteiger partial charge in [-0.15, -0.1) is 0 Å². The Hall–Kier alpha value is -1.81. The van der Waals surface area contributed by atoms with Gasteiger partial charge in [0.15, 0.2) is 0 Å². The average molecular weight is 306 g/mol. The van der Waals surface area contributed by atoms with Crippen LogP contribution in [0.15, 0.2) is 24.3 Å². The fraction of sp³-hybridized carbons (Fsp3) is 0.375. The zero-order chi connectivity index (χ0) is 15.6. The fourth-order valence-electron chi connectivity index (χ4n) is 1.88. The molecule has 0 aliphatic carbocycles. The quantitative estimate of drug-likeness (QED) is 0.925. The summed E-state index contributed by atoms with van der Waals surface area (Å²) in [4.78, 5) is 9.21. The minimum atomic E-state index is -0.127. The Labute approximate surface area is 130 Å². The van der Waals surface area contributed by atoms with Gasteiger partial charge in [0.1, 0.15) is 17.4 Å². The number of hydrogen-bond acceptors (Lipinski definition) is 4. The van der Waals surface area contributed by atoms with Crippen LogP contribution in [0, 0.1) is 0 Å². The third kappa shape index (κ3) is 3.45. The highest BCUT2D eigenvalue weighted by molar-refractivity contribution is 6.32. The molecule has 1 aromatic carbocycles. The van der Waals surface area contributed by atoms with E-state index in [1.54, 1.807) is 7.11 Å². The monoisotopic (exact) mass is 305 g/mol. The van der Waals surface area contributed by atoms with E-state index in [0.717, 1.165) is 22.9 Å². The van der Waals surface area contributed by atoms with E-state index in [4.69, 9.17) is 16.3 Å². The van der Waals surface area contributed by atoms with E-state index in [0.29, 0.717) is 10.8 Å². The van der Waals surface area contributed by atoms with Gasteiger partial charge in [-0.1, -0.05) is 38.4 Å². The molecule has 0 aliphatic heterocycles. The second kappa shape index (κ2) is 5.90. The molecule has 112 valence electrons. The summed E-state index contributed by atoms with van der Waals surface area (Å²) < 4.78 is 5.27. The summed E-state index contributed by atoms with van der Waals surface area (Å²) in [6.07, 6.45) is 0. The lowest BCUT2D eigenvalue weighted by atomic mass is 9.95. The number of nitrogens with one attached hydrogen (secondary N) is 1. The summed E-state index contributed by atoms with van der Waals surface area (Å²) in [6.45, 7) is 6.27. The van der Waals surface area contributed by atoms with Crippen molar-refractivity contribution in [2.75, 3.05) is 19.5 Å². The maximum atomic E-state index is 6.08. The average Bonchev–Trinajstić information content (AvgIpc) is 2.46. The lowest BCUT2D eigenvalue weighted by Crippen LogP contribution is -2.17. The fourth-order valence-corrected chi connectivity index (χ4v) is 2.07. The van der Waals surface area contributed by atoms with Gasteiger partial charge >= 0.3 is 0 Å². The van der Waals surface area contributed by atoms with Crippen molar-refractivity contribution in [3.8, 4) is 17.0 Å². The largest absolute Gasteiger partial charge is 0.495 e. The first kappa shape index (κ1) is 15.6. The first-order chi connectivity index (χ1) is 9.85. The predicted molar refractivity (Wildman–Crippen MR) is 87.3 cm³/mol. The summed E-state index contributed by atoms with van der Waals surface area (Å²) in [5, 5.41) is 3.66. The Bertz CT molecular complexity index is 650. The van der Waals surface area contributed by atoms with Gasteiger partial charge in [0.2, 0.25) is 0 Å². The number of hydrogen-bond donors (Lipinski definition) is 1. The Kier molecular flexibility index (Phi) is 4.37. The normalized spacial score (nSPS) is 11.3. The number of rotatable bonds is 3. The lowest BCUT2D eigenvalue weighted by Gasteiger charge is -2.18. The van der Waals surface area contributed by atoms with Crippen molar-refractivity contribution in [2.24, 2.45) is 0 Å². The summed E-state index contributed by atoms with van der Waals surface area (Å²) in [5.74, 6) is 2.22. The number of benzene rings is 1. The molecule has 0 amide bonds. The van der Waals surface area contributed by atoms with Gasteiger partial charge in [-0.2, -0.15) is 0 Å². The van der Waals surface area contributed by atoms with Crippen LogP contribution in [-0.4, -0.2) is 24.1 Å². The van der Waals surface area contributed by atoms with Crippen LogP contribution in [-0.2, 0) is 5.41 Å². The summed E-state index contributed by atoms with van der Waals surface area (Å²) in [7, 11) is 3.45. The molecular formula is C16H20ClN3O. The first-order valence-electron chi connectivity index (χ1n) is 6.76. The Balaban J connectivity index is 2.58. The van der Waals surface area contributed by atoms with E-state index in [9.17, 15) is 0 Å². The van der Waals surface area contributed by atoms with Gasteiger partial charge in [0, 0.05) is 24.1 Å². The smallest absolute Gasteiger partial charge is 0.138 e. The molecule has 2 rings (SSSR count). The molecule has 0 saturated heterocycles. The number of halogens is 1. The predicted octanol–water partition coefficient (Wildman–Crippen LogP) is 4.14. The van der Waals surface area contributed by atoms with Crippen molar-refractivity contribution in [1.29, 1.82) is 0 Å². The maximum Gasteiger partial charge on any atom is 0.138 e. The topological polar surface area (TPSA) is 47.0 Å². The minimum Gasteiger partial charge on any atom is -0.495 e. The Morgan fingerprint density at radius 3 is 2.43 bits per heavy atom. The lowest BCUT2D eigenvalue weighted by molar-refractivity contribution is 0.415. The van der Waals surface area contributed by atoms with Crippen molar-refractivity contribution in [3.05, 3.63) is 35.1 Å². The van der Waals surface area contributed by atoms with E-state index in [-0.39, 0.29) is 5.41 Å². The second-order valence-electron chi connectivity index (χ2n) is 5.81. The molecular weight excluding hydrogens is 286 g/mol. The zero-order valence-corrected chi connectivity index (χ0v) is 13.7. The number of anilines is 1. The van der Waals surface area contributed by atoms with Crippen LogP contribution in [0.4, 0.5) is 5.82 Å². The van der Waals surface area contributed by atoms with Crippen molar-refractivity contribution < 1.29 is 4.74 Å². The molecule has 0 atom stereocenters. The zero-order valence-electron chi connectivity index (χ0n) is 13.0. The molecule has 5 heteroatoms. The van der Waals surface area contributed by atoms with Crippen LogP contribution < -0.4 is 10.1 Å². The van der Waals surface area contributed by atoms with Crippen LogP contribution in [0.2, 0.25) is 5.02 Å².